The van der Waals surface area contributed by atoms with Crippen LogP contribution in [0.25, 0.3) is 11.0 Å². The Morgan fingerprint density at radius 3 is 3.11 bits per heavy atom. The van der Waals surface area contributed by atoms with Crippen molar-refractivity contribution in [3.63, 3.8) is 0 Å². The second-order valence-electron chi connectivity index (χ2n) is 4.92. The standard InChI is InChI=1S/C12H18N6S/c1-8-7-19-4-3-18(8)6-10-15-11(13)9-5-14-17(2)12(9)16-10/h5,8H,3-4,6-7H2,1-2H3,(H2,13,15,16). The molecule has 0 aromatic carbocycles. The molecule has 1 aliphatic heterocycles. The highest BCUT2D eigenvalue weighted by molar-refractivity contribution is 7.99. The number of anilines is 1. The van der Waals surface area contributed by atoms with E-state index in [1.54, 1.807) is 10.9 Å². The summed E-state index contributed by atoms with van der Waals surface area (Å²) in [4.78, 5) is 11.4. The van der Waals surface area contributed by atoms with Crippen molar-refractivity contribution >= 4 is 28.6 Å². The summed E-state index contributed by atoms with van der Waals surface area (Å²) in [7, 11) is 1.87. The fraction of sp³-hybridized carbons (Fsp3) is 0.583. The largest absolute Gasteiger partial charge is 0.383 e. The predicted octanol–water partition coefficient (Wildman–Crippen LogP) is 0.883. The first-order chi connectivity index (χ1) is 9.15. The number of aromatic nitrogens is 4. The lowest BCUT2D eigenvalue weighted by Crippen LogP contribution is -2.40. The molecular weight excluding hydrogens is 260 g/mol. The van der Waals surface area contributed by atoms with E-state index < -0.39 is 0 Å². The van der Waals surface area contributed by atoms with Crippen LogP contribution in [0.15, 0.2) is 6.20 Å². The second-order valence-corrected chi connectivity index (χ2v) is 6.07. The first kappa shape index (κ1) is 12.7. The van der Waals surface area contributed by atoms with E-state index in [1.807, 2.05) is 18.8 Å². The SMILES string of the molecule is CC1CSCCN1Cc1nc(N)c2cnn(C)c2n1. The average molecular weight is 278 g/mol. The van der Waals surface area contributed by atoms with Crippen LogP contribution < -0.4 is 5.73 Å². The summed E-state index contributed by atoms with van der Waals surface area (Å²) < 4.78 is 1.74. The van der Waals surface area contributed by atoms with Crippen molar-refractivity contribution in [3.8, 4) is 0 Å². The molecule has 1 unspecified atom stereocenters. The molecule has 7 heteroatoms. The van der Waals surface area contributed by atoms with E-state index in [0.29, 0.717) is 11.9 Å². The van der Waals surface area contributed by atoms with Crippen molar-refractivity contribution in [1.82, 2.24) is 24.6 Å². The van der Waals surface area contributed by atoms with Crippen LogP contribution >= 0.6 is 11.8 Å². The van der Waals surface area contributed by atoms with Crippen molar-refractivity contribution in [2.75, 3.05) is 23.8 Å². The number of rotatable bonds is 2. The molecule has 1 atom stereocenters. The second kappa shape index (κ2) is 4.97. The van der Waals surface area contributed by atoms with Crippen molar-refractivity contribution in [2.45, 2.75) is 19.5 Å². The fourth-order valence-electron chi connectivity index (χ4n) is 2.34. The normalized spacial score (nSPS) is 21.1. The van der Waals surface area contributed by atoms with Crippen LogP contribution in [-0.2, 0) is 13.6 Å². The molecule has 1 fully saturated rings. The van der Waals surface area contributed by atoms with Crippen molar-refractivity contribution < 1.29 is 0 Å². The van der Waals surface area contributed by atoms with E-state index in [0.717, 1.165) is 29.9 Å². The molecule has 3 heterocycles. The van der Waals surface area contributed by atoms with Crippen LogP contribution in [0.5, 0.6) is 0 Å². The van der Waals surface area contributed by atoms with Gasteiger partial charge in [-0.25, -0.2) is 9.97 Å². The van der Waals surface area contributed by atoms with Crippen LogP contribution in [0.4, 0.5) is 5.82 Å². The van der Waals surface area contributed by atoms with Gasteiger partial charge in [0.25, 0.3) is 0 Å². The monoisotopic (exact) mass is 278 g/mol. The number of aryl methyl sites for hydroxylation is 1. The van der Waals surface area contributed by atoms with Gasteiger partial charge >= 0.3 is 0 Å². The molecule has 3 rings (SSSR count). The number of thioether (sulfide) groups is 1. The Morgan fingerprint density at radius 2 is 2.32 bits per heavy atom. The van der Waals surface area contributed by atoms with E-state index in [4.69, 9.17) is 5.73 Å². The fourth-order valence-corrected chi connectivity index (χ4v) is 3.42. The van der Waals surface area contributed by atoms with Gasteiger partial charge in [-0.2, -0.15) is 16.9 Å². The quantitative estimate of drug-likeness (QED) is 0.879. The van der Waals surface area contributed by atoms with Gasteiger partial charge in [-0.3, -0.25) is 9.58 Å². The minimum absolute atomic E-state index is 0.520. The molecule has 102 valence electrons. The third kappa shape index (κ3) is 2.40. The molecular formula is C12H18N6S. The summed E-state index contributed by atoms with van der Waals surface area (Å²) in [5.74, 6) is 3.65. The molecule has 6 nitrogen and oxygen atoms in total. The first-order valence-electron chi connectivity index (χ1n) is 6.41. The minimum atomic E-state index is 0.520. The van der Waals surface area contributed by atoms with Gasteiger partial charge in [-0.05, 0) is 6.92 Å². The maximum Gasteiger partial charge on any atom is 0.163 e. The highest BCUT2D eigenvalue weighted by Crippen LogP contribution is 2.20. The molecule has 0 spiro atoms. The van der Waals surface area contributed by atoms with E-state index >= 15 is 0 Å². The van der Waals surface area contributed by atoms with Gasteiger partial charge in [0.05, 0.1) is 18.1 Å². The summed E-state index contributed by atoms with van der Waals surface area (Å²) in [5.41, 5.74) is 6.79. The third-order valence-corrected chi connectivity index (χ3v) is 4.71. The van der Waals surface area contributed by atoms with Crippen LogP contribution in [0, 0.1) is 0 Å². The zero-order valence-electron chi connectivity index (χ0n) is 11.2. The Hall–Kier alpha value is -1.34. The smallest absolute Gasteiger partial charge is 0.163 e. The third-order valence-electron chi connectivity index (χ3n) is 3.52. The Morgan fingerprint density at radius 1 is 1.47 bits per heavy atom. The van der Waals surface area contributed by atoms with Crippen molar-refractivity contribution in [2.24, 2.45) is 7.05 Å². The molecule has 19 heavy (non-hydrogen) atoms. The zero-order valence-corrected chi connectivity index (χ0v) is 12.0. The topological polar surface area (TPSA) is 72.9 Å². The van der Waals surface area contributed by atoms with E-state index in [2.05, 4.69) is 26.9 Å². The molecule has 2 aromatic rings. The van der Waals surface area contributed by atoms with Crippen molar-refractivity contribution in [1.29, 1.82) is 0 Å². The lowest BCUT2D eigenvalue weighted by molar-refractivity contribution is 0.218. The van der Waals surface area contributed by atoms with Gasteiger partial charge in [0, 0.05) is 31.1 Å². The number of hydrogen-bond donors (Lipinski definition) is 1. The van der Waals surface area contributed by atoms with Crippen LogP contribution in [0.1, 0.15) is 12.7 Å². The summed E-state index contributed by atoms with van der Waals surface area (Å²) >= 11 is 2.01. The summed E-state index contributed by atoms with van der Waals surface area (Å²) in [5, 5.41) is 5.00. The summed E-state index contributed by atoms with van der Waals surface area (Å²) in [6, 6.07) is 0.561. The highest BCUT2D eigenvalue weighted by Gasteiger charge is 2.20. The molecule has 0 amide bonds. The average Bonchev–Trinajstić information content (AvgIpc) is 2.75. The minimum Gasteiger partial charge on any atom is -0.383 e. The van der Waals surface area contributed by atoms with Crippen molar-refractivity contribution in [3.05, 3.63) is 12.0 Å². The van der Waals surface area contributed by atoms with Gasteiger partial charge in [0.1, 0.15) is 11.6 Å². The van der Waals surface area contributed by atoms with Gasteiger partial charge in [-0.15, -0.1) is 0 Å². The molecule has 0 aliphatic carbocycles. The van der Waals surface area contributed by atoms with E-state index in [9.17, 15) is 0 Å². The Labute approximate surface area is 116 Å². The maximum atomic E-state index is 5.98. The zero-order chi connectivity index (χ0) is 13.4. The van der Waals surface area contributed by atoms with E-state index in [-0.39, 0.29) is 0 Å². The van der Waals surface area contributed by atoms with Crippen LogP contribution in [0.2, 0.25) is 0 Å². The molecule has 0 radical (unpaired) electrons. The lowest BCUT2D eigenvalue weighted by Gasteiger charge is -2.32. The van der Waals surface area contributed by atoms with Gasteiger partial charge in [0.15, 0.2) is 5.65 Å². The first-order valence-corrected chi connectivity index (χ1v) is 7.56. The lowest BCUT2D eigenvalue weighted by atomic mass is 10.3. The summed E-state index contributed by atoms with van der Waals surface area (Å²) in [6.45, 7) is 4.09. The highest BCUT2D eigenvalue weighted by atomic mass is 32.2. The number of fused-ring (bicyclic) bond motifs is 1. The maximum absolute atomic E-state index is 5.98. The number of hydrogen-bond acceptors (Lipinski definition) is 6. The molecule has 2 aromatic heterocycles. The molecule has 1 aliphatic rings. The molecule has 0 bridgehead atoms. The molecule has 1 saturated heterocycles. The van der Waals surface area contributed by atoms with Gasteiger partial charge < -0.3 is 5.73 Å². The summed E-state index contributed by atoms with van der Waals surface area (Å²) in [6.07, 6.45) is 1.72. The Kier molecular flexibility index (Phi) is 3.32. The number of nitrogens with zero attached hydrogens (tertiary/aromatic N) is 5. The predicted molar refractivity (Wildman–Crippen MR) is 77.9 cm³/mol. The van der Waals surface area contributed by atoms with Gasteiger partial charge in [-0.1, -0.05) is 0 Å². The van der Waals surface area contributed by atoms with Gasteiger partial charge in [0.2, 0.25) is 0 Å². The molecule has 2 N–H and O–H groups in total. The Bertz CT molecular complexity index is 595. The van der Waals surface area contributed by atoms with Crippen LogP contribution in [-0.4, -0.2) is 48.7 Å². The Balaban J connectivity index is 1.90. The van der Waals surface area contributed by atoms with Crippen LogP contribution in [0.3, 0.4) is 0 Å². The molecule has 0 saturated carbocycles. The van der Waals surface area contributed by atoms with E-state index in [1.165, 1.54) is 11.5 Å². The number of nitrogens with two attached hydrogens (primary N) is 1. The number of nitrogen functional groups attached to an aromatic ring is 1.